The normalized spacial score (nSPS) is 20.1. The Morgan fingerprint density at radius 1 is 1.18 bits per heavy atom. The maximum absolute atomic E-state index is 12.8. The van der Waals surface area contributed by atoms with Crippen LogP contribution in [0.1, 0.15) is 53.3 Å². The minimum atomic E-state index is -5.08. The number of imidazole rings is 1. The predicted octanol–water partition coefficient (Wildman–Crippen LogP) is 3.69. The van der Waals surface area contributed by atoms with Crippen molar-refractivity contribution >= 4 is 11.9 Å². The number of rotatable bonds is 7. The Morgan fingerprint density at radius 2 is 1.88 bits per heavy atom. The molecule has 0 radical (unpaired) electrons. The van der Waals surface area contributed by atoms with Crippen LogP contribution in [0.2, 0.25) is 0 Å². The van der Waals surface area contributed by atoms with Gasteiger partial charge in [-0.25, -0.2) is 9.78 Å². The van der Waals surface area contributed by atoms with Gasteiger partial charge in [0.05, 0.1) is 37.0 Å². The molecule has 0 spiro atoms. The number of carboxylic acid groups (broad SMARTS) is 1. The van der Waals surface area contributed by atoms with Crippen molar-refractivity contribution < 1.29 is 37.0 Å². The van der Waals surface area contributed by atoms with Gasteiger partial charge >= 0.3 is 12.1 Å². The molecule has 2 aromatic rings. The van der Waals surface area contributed by atoms with E-state index in [1.165, 1.54) is 37.6 Å². The molecule has 0 saturated heterocycles. The predicted molar refractivity (Wildman–Crippen MR) is 108 cm³/mol. The van der Waals surface area contributed by atoms with Crippen molar-refractivity contribution in [3.8, 4) is 0 Å². The number of amides is 1. The van der Waals surface area contributed by atoms with Crippen LogP contribution in [0.25, 0.3) is 0 Å². The molecule has 1 amide bonds. The van der Waals surface area contributed by atoms with E-state index >= 15 is 0 Å². The molecule has 3 heterocycles. The summed E-state index contributed by atoms with van der Waals surface area (Å²) < 4.78 is 45.2. The summed E-state index contributed by atoms with van der Waals surface area (Å²) in [6.07, 6.45) is 5.16. The summed E-state index contributed by atoms with van der Waals surface area (Å²) in [6, 6.07) is 1.72. The van der Waals surface area contributed by atoms with E-state index in [0.29, 0.717) is 25.3 Å². The van der Waals surface area contributed by atoms with Crippen LogP contribution in [0.15, 0.2) is 29.3 Å². The van der Waals surface area contributed by atoms with Gasteiger partial charge in [0.25, 0.3) is 5.91 Å². The van der Waals surface area contributed by atoms with Crippen molar-refractivity contribution in [2.45, 2.75) is 50.9 Å². The van der Waals surface area contributed by atoms with E-state index in [2.05, 4.69) is 9.55 Å². The third kappa shape index (κ3) is 6.16. The molecular formula is C22H26F3N3O5. The van der Waals surface area contributed by atoms with Gasteiger partial charge in [0.15, 0.2) is 0 Å². The highest BCUT2D eigenvalue weighted by Gasteiger charge is 2.38. The first kappa shape index (κ1) is 23.3. The second-order valence-corrected chi connectivity index (χ2v) is 8.85. The molecule has 180 valence electrons. The second kappa shape index (κ2) is 9.58. The second-order valence-electron chi connectivity index (χ2n) is 8.85. The molecule has 2 saturated carbocycles. The molecule has 2 aromatic heterocycles. The van der Waals surface area contributed by atoms with Gasteiger partial charge in [0, 0.05) is 31.3 Å². The van der Waals surface area contributed by atoms with Crippen LogP contribution in [0.5, 0.6) is 0 Å². The van der Waals surface area contributed by atoms with E-state index in [1.807, 2.05) is 11.2 Å². The SMILES string of the molecule is O=C(O)C(F)(F)F.O=C(c1ccoc1)N1Cc2ncn(CC3CC3)c2C(COCC2CC2)C1. The number of aliphatic carboxylic acids is 1. The number of halogens is 3. The average Bonchev–Trinajstić information content (AvgIpc) is 3.66. The van der Waals surface area contributed by atoms with E-state index in [-0.39, 0.29) is 11.8 Å². The number of aromatic nitrogens is 2. The van der Waals surface area contributed by atoms with Gasteiger partial charge in [-0.3, -0.25) is 4.79 Å². The molecular weight excluding hydrogens is 443 g/mol. The summed E-state index contributed by atoms with van der Waals surface area (Å²) in [4.78, 5) is 28.2. The van der Waals surface area contributed by atoms with Crippen molar-refractivity contribution in [3.05, 3.63) is 41.9 Å². The average molecular weight is 469 g/mol. The van der Waals surface area contributed by atoms with Gasteiger partial charge in [-0.1, -0.05) is 0 Å². The highest BCUT2D eigenvalue weighted by Crippen LogP contribution is 2.35. The lowest BCUT2D eigenvalue weighted by atomic mass is 9.98. The molecule has 1 N–H and O–H groups in total. The van der Waals surface area contributed by atoms with Crippen LogP contribution in [-0.4, -0.2) is 57.4 Å². The van der Waals surface area contributed by atoms with Crippen LogP contribution in [-0.2, 0) is 22.6 Å². The summed E-state index contributed by atoms with van der Waals surface area (Å²) in [7, 11) is 0. The van der Waals surface area contributed by atoms with Crippen LogP contribution in [0.4, 0.5) is 13.2 Å². The zero-order chi connectivity index (χ0) is 23.6. The molecule has 11 heteroatoms. The fourth-order valence-electron chi connectivity index (χ4n) is 3.86. The lowest BCUT2D eigenvalue weighted by Gasteiger charge is -2.33. The van der Waals surface area contributed by atoms with Crippen molar-refractivity contribution in [2.75, 3.05) is 19.8 Å². The third-order valence-electron chi connectivity index (χ3n) is 5.95. The Balaban J connectivity index is 0.000000325. The molecule has 1 unspecified atom stereocenters. The minimum Gasteiger partial charge on any atom is -0.475 e. The molecule has 0 aromatic carbocycles. The van der Waals surface area contributed by atoms with Crippen LogP contribution in [0, 0.1) is 11.8 Å². The molecule has 33 heavy (non-hydrogen) atoms. The quantitative estimate of drug-likeness (QED) is 0.664. The molecule has 3 aliphatic rings. The van der Waals surface area contributed by atoms with E-state index in [4.69, 9.17) is 19.1 Å². The number of ether oxygens (including phenoxy) is 1. The number of fused-ring (bicyclic) bond motifs is 1. The Labute approximate surface area is 188 Å². The summed E-state index contributed by atoms with van der Waals surface area (Å²) in [5.41, 5.74) is 2.90. The number of nitrogens with zero attached hydrogens (tertiary/aromatic N) is 3. The van der Waals surface area contributed by atoms with Crippen molar-refractivity contribution in [2.24, 2.45) is 11.8 Å². The number of carboxylic acids is 1. The fourth-order valence-corrected chi connectivity index (χ4v) is 3.86. The van der Waals surface area contributed by atoms with Gasteiger partial charge in [-0.15, -0.1) is 0 Å². The van der Waals surface area contributed by atoms with E-state index in [1.54, 1.807) is 12.3 Å². The zero-order valence-electron chi connectivity index (χ0n) is 18.0. The van der Waals surface area contributed by atoms with Crippen molar-refractivity contribution in [3.63, 3.8) is 0 Å². The number of alkyl halides is 3. The smallest absolute Gasteiger partial charge is 0.475 e. The van der Waals surface area contributed by atoms with E-state index in [9.17, 15) is 18.0 Å². The minimum absolute atomic E-state index is 0.00772. The van der Waals surface area contributed by atoms with E-state index < -0.39 is 12.1 Å². The van der Waals surface area contributed by atoms with Gasteiger partial charge in [0.1, 0.15) is 6.26 Å². The zero-order valence-corrected chi connectivity index (χ0v) is 18.0. The first-order chi connectivity index (χ1) is 15.7. The van der Waals surface area contributed by atoms with Gasteiger partial charge in [0.2, 0.25) is 0 Å². The summed E-state index contributed by atoms with van der Waals surface area (Å²) in [5.74, 6) is -1.01. The lowest BCUT2D eigenvalue weighted by molar-refractivity contribution is -0.192. The molecule has 2 aliphatic carbocycles. The van der Waals surface area contributed by atoms with Crippen molar-refractivity contribution in [1.82, 2.24) is 14.5 Å². The van der Waals surface area contributed by atoms with Crippen LogP contribution < -0.4 is 0 Å². The first-order valence-electron chi connectivity index (χ1n) is 11.0. The van der Waals surface area contributed by atoms with Gasteiger partial charge < -0.3 is 23.7 Å². The number of carbonyl (C=O) groups is 2. The lowest BCUT2D eigenvalue weighted by Crippen LogP contribution is -2.40. The molecule has 1 aliphatic heterocycles. The first-order valence-corrected chi connectivity index (χ1v) is 11.0. The number of hydrogen-bond donors (Lipinski definition) is 1. The van der Waals surface area contributed by atoms with Gasteiger partial charge in [-0.2, -0.15) is 13.2 Å². The number of furan rings is 1. The Morgan fingerprint density at radius 3 is 2.45 bits per heavy atom. The highest BCUT2D eigenvalue weighted by atomic mass is 19.4. The summed E-state index contributed by atoms with van der Waals surface area (Å²) in [6.45, 7) is 3.80. The molecule has 0 bridgehead atoms. The Bertz CT molecular complexity index is 965. The maximum Gasteiger partial charge on any atom is 0.490 e. The molecule has 8 nitrogen and oxygen atoms in total. The standard InChI is InChI=1S/C20H25N3O3.C2HF3O2/c24-20(16-5-6-25-11-16)22-8-17(12-26-10-15-3-4-15)19-18(9-22)21-13-23(19)7-14-1-2-14;3-2(4,5)1(6)7/h5-6,11,13-15,17H,1-4,7-10,12H2;(H,6,7). The molecule has 5 rings (SSSR count). The van der Waals surface area contributed by atoms with Crippen LogP contribution >= 0.6 is 0 Å². The summed E-state index contributed by atoms with van der Waals surface area (Å²) >= 11 is 0. The third-order valence-corrected chi connectivity index (χ3v) is 5.95. The van der Waals surface area contributed by atoms with Gasteiger partial charge in [-0.05, 0) is 43.6 Å². The summed E-state index contributed by atoms with van der Waals surface area (Å²) in [5, 5.41) is 7.12. The number of hydrogen-bond acceptors (Lipinski definition) is 5. The Kier molecular flexibility index (Phi) is 6.78. The van der Waals surface area contributed by atoms with Crippen LogP contribution in [0.3, 0.4) is 0 Å². The van der Waals surface area contributed by atoms with Crippen molar-refractivity contribution in [1.29, 1.82) is 0 Å². The topological polar surface area (TPSA) is 97.8 Å². The molecule has 2 fully saturated rings. The number of carbonyl (C=O) groups excluding carboxylic acids is 1. The molecule has 1 atom stereocenters. The van der Waals surface area contributed by atoms with E-state index in [0.717, 1.165) is 30.7 Å². The monoisotopic (exact) mass is 469 g/mol. The fraction of sp³-hybridized carbons (Fsp3) is 0.591. The maximum atomic E-state index is 12.8. The Hall–Kier alpha value is -2.82. The largest absolute Gasteiger partial charge is 0.490 e. The highest BCUT2D eigenvalue weighted by molar-refractivity contribution is 5.94.